The first kappa shape index (κ1) is 18.1. The van der Waals surface area contributed by atoms with Crippen LogP contribution >= 0.6 is 31.9 Å². The third-order valence-electron chi connectivity index (χ3n) is 5.94. The Bertz CT molecular complexity index is 1300. The molecule has 0 N–H and O–H groups in total. The number of fused-ring (bicyclic) bond motifs is 5. The van der Waals surface area contributed by atoms with Crippen molar-refractivity contribution < 1.29 is 0 Å². The molecule has 0 saturated heterocycles. The van der Waals surface area contributed by atoms with E-state index >= 15 is 0 Å². The largest absolute Gasteiger partial charge is 0.0616 e. The van der Waals surface area contributed by atoms with Crippen LogP contribution in [-0.4, -0.2) is 0 Å². The van der Waals surface area contributed by atoms with Gasteiger partial charge in [0.25, 0.3) is 0 Å². The SMILES string of the molecule is Brc1ccc2c(c1)C(=C1c3ccccc3-c3ccccc31)c1cc(Br)ccc1C=C2. The minimum absolute atomic E-state index is 1.09. The fourth-order valence-corrected chi connectivity index (χ4v) is 5.38. The van der Waals surface area contributed by atoms with E-state index in [2.05, 4.69) is 129 Å². The van der Waals surface area contributed by atoms with Crippen molar-refractivity contribution in [2.24, 2.45) is 0 Å². The van der Waals surface area contributed by atoms with Crippen LogP contribution in [0.4, 0.5) is 0 Å². The van der Waals surface area contributed by atoms with E-state index in [4.69, 9.17) is 0 Å². The molecule has 0 aliphatic heterocycles. The summed E-state index contributed by atoms with van der Waals surface area (Å²) in [6.45, 7) is 0. The topological polar surface area (TPSA) is 0 Å². The number of halogens is 2. The average molecular weight is 512 g/mol. The molecule has 0 aromatic heterocycles. The van der Waals surface area contributed by atoms with Gasteiger partial charge in [-0.2, -0.15) is 0 Å². The molecule has 30 heavy (non-hydrogen) atoms. The summed E-state index contributed by atoms with van der Waals surface area (Å²) in [7, 11) is 0. The summed E-state index contributed by atoms with van der Waals surface area (Å²) in [5.74, 6) is 0. The Kier molecular flexibility index (Phi) is 4.19. The third-order valence-corrected chi connectivity index (χ3v) is 6.93. The first-order valence-corrected chi connectivity index (χ1v) is 11.5. The second kappa shape index (κ2) is 6.94. The highest BCUT2D eigenvalue weighted by molar-refractivity contribution is 9.10. The van der Waals surface area contributed by atoms with Gasteiger partial charge in [0.05, 0.1) is 0 Å². The smallest absolute Gasteiger partial charge is 0.0181 e. The van der Waals surface area contributed by atoms with E-state index in [1.807, 2.05) is 0 Å². The van der Waals surface area contributed by atoms with Crippen molar-refractivity contribution in [3.8, 4) is 11.1 Å². The summed E-state index contributed by atoms with van der Waals surface area (Å²) in [6.07, 6.45) is 4.46. The molecule has 0 heterocycles. The van der Waals surface area contributed by atoms with Crippen LogP contribution < -0.4 is 0 Å². The molecule has 0 bridgehead atoms. The molecule has 0 unspecified atom stereocenters. The van der Waals surface area contributed by atoms with Crippen LogP contribution in [-0.2, 0) is 0 Å². The van der Waals surface area contributed by atoms with Gasteiger partial charge in [-0.05, 0) is 79.9 Å². The summed E-state index contributed by atoms with van der Waals surface area (Å²) in [5, 5.41) is 0. The molecule has 0 radical (unpaired) electrons. The van der Waals surface area contributed by atoms with Gasteiger partial charge in [-0.25, -0.2) is 0 Å². The van der Waals surface area contributed by atoms with Crippen molar-refractivity contribution in [2.45, 2.75) is 0 Å². The van der Waals surface area contributed by atoms with E-state index in [9.17, 15) is 0 Å². The van der Waals surface area contributed by atoms with Gasteiger partial charge in [0.15, 0.2) is 0 Å². The van der Waals surface area contributed by atoms with Gasteiger partial charge in [0.1, 0.15) is 0 Å². The van der Waals surface area contributed by atoms with Crippen molar-refractivity contribution in [1.82, 2.24) is 0 Å². The van der Waals surface area contributed by atoms with Crippen LogP contribution in [0.1, 0.15) is 33.4 Å². The Morgan fingerprint density at radius 2 is 0.800 bits per heavy atom. The Balaban J connectivity index is 1.83. The second-order valence-corrected chi connectivity index (χ2v) is 9.47. The summed E-state index contributed by atoms with van der Waals surface area (Å²) in [4.78, 5) is 0. The summed E-state index contributed by atoms with van der Waals surface area (Å²) in [5.41, 5.74) is 12.8. The molecule has 0 atom stereocenters. The van der Waals surface area contributed by atoms with E-state index in [0.717, 1.165) is 8.95 Å². The fourth-order valence-electron chi connectivity index (χ4n) is 4.66. The molecule has 2 aliphatic carbocycles. The summed E-state index contributed by atoms with van der Waals surface area (Å²) < 4.78 is 2.18. The first-order chi connectivity index (χ1) is 14.7. The molecule has 0 nitrogen and oxygen atoms in total. The molecule has 4 aromatic rings. The standard InChI is InChI=1S/C28H16Br2/c29-19-13-11-17-9-10-18-12-14-20(30)16-26(18)28(25(17)15-19)27-23-7-3-1-5-21(23)22-6-2-4-8-24(22)27/h1-16H. The van der Waals surface area contributed by atoms with Gasteiger partial charge in [-0.3, -0.25) is 0 Å². The highest BCUT2D eigenvalue weighted by Crippen LogP contribution is 2.50. The lowest BCUT2D eigenvalue weighted by molar-refractivity contribution is 1.49. The van der Waals surface area contributed by atoms with E-state index in [0.29, 0.717) is 0 Å². The third kappa shape index (κ3) is 2.71. The monoisotopic (exact) mass is 510 g/mol. The highest BCUT2D eigenvalue weighted by atomic mass is 79.9. The first-order valence-electron chi connectivity index (χ1n) is 9.92. The molecule has 142 valence electrons. The number of hydrogen-bond donors (Lipinski definition) is 0. The van der Waals surface area contributed by atoms with Gasteiger partial charge in [0.2, 0.25) is 0 Å². The van der Waals surface area contributed by atoms with Crippen LogP contribution in [0.3, 0.4) is 0 Å². The minimum Gasteiger partial charge on any atom is -0.0616 e. The maximum absolute atomic E-state index is 3.71. The molecule has 6 rings (SSSR count). The molecule has 2 aliphatic rings. The van der Waals surface area contributed by atoms with Gasteiger partial charge < -0.3 is 0 Å². The van der Waals surface area contributed by atoms with Crippen LogP contribution in [0.15, 0.2) is 93.9 Å². The molecule has 0 saturated carbocycles. The van der Waals surface area contributed by atoms with Crippen molar-refractivity contribution in [3.05, 3.63) is 127 Å². The van der Waals surface area contributed by atoms with Crippen LogP contribution in [0.25, 0.3) is 34.4 Å². The normalized spacial score (nSPS) is 13.4. The lowest BCUT2D eigenvalue weighted by atomic mass is 9.86. The van der Waals surface area contributed by atoms with Crippen LogP contribution in [0.2, 0.25) is 0 Å². The molecule has 2 heteroatoms. The van der Waals surface area contributed by atoms with Gasteiger partial charge in [0, 0.05) is 8.95 Å². The predicted octanol–water partition coefficient (Wildman–Crippen LogP) is 8.68. The van der Waals surface area contributed by atoms with Crippen LogP contribution in [0.5, 0.6) is 0 Å². The van der Waals surface area contributed by atoms with Crippen molar-refractivity contribution in [3.63, 3.8) is 0 Å². The maximum atomic E-state index is 3.71. The van der Waals surface area contributed by atoms with Crippen molar-refractivity contribution in [1.29, 1.82) is 0 Å². The molecular weight excluding hydrogens is 496 g/mol. The lowest BCUT2D eigenvalue weighted by Gasteiger charge is -2.18. The van der Waals surface area contributed by atoms with Gasteiger partial charge in [-0.15, -0.1) is 0 Å². The zero-order chi connectivity index (χ0) is 20.2. The van der Waals surface area contributed by atoms with E-state index in [1.165, 1.54) is 55.7 Å². The fraction of sp³-hybridized carbons (Fsp3) is 0. The Hall–Kier alpha value is -2.68. The predicted molar refractivity (Wildman–Crippen MR) is 134 cm³/mol. The Morgan fingerprint density at radius 3 is 1.27 bits per heavy atom. The van der Waals surface area contributed by atoms with E-state index in [-0.39, 0.29) is 0 Å². The molecule has 0 fully saturated rings. The maximum Gasteiger partial charge on any atom is 0.0181 e. The van der Waals surface area contributed by atoms with E-state index in [1.54, 1.807) is 0 Å². The van der Waals surface area contributed by atoms with Crippen LogP contribution in [0, 0.1) is 0 Å². The average Bonchev–Trinajstić information content (AvgIpc) is 3.01. The molecule has 0 amide bonds. The number of hydrogen-bond acceptors (Lipinski definition) is 0. The zero-order valence-corrected chi connectivity index (χ0v) is 19.2. The Labute approximate surface area is 192 Å². The summed E-state index contributed by atoms with van der Waals surface area (Å²) in [6, 6.07) is 30.7. The van der Waals surface area contributed by atoms with Crippen molar-refractivity contribution in [2.75, 3.05) is 0 Å². The molecule has 4 aromatic carbocycles. The zero-order valence-electron chi connectivity index (χ0n) is 16.0. The minimum atomic E-state index is 1.09. The quantitative estimate of drug-likeness (QED) is 0.191. The highest BCUT2D eigenvalue weighted by Gasteiger charge is 2.29. The van der Waals surface area contributed by atoms with Gasteiger partial charge in [-0.1, -0.05) is 105 Å². The van der Waals surface area contributed by atoms with Gasteiger partial charge >= 0.3 is 0 Å². The second-order valence-electron chi connectivity index (χ2n) is 7.64. The number of benzene rings is 4. The lowest BCUT2D eigenvalue weighted by Crippen LogP contribution is -1.98. The molecule has 0 spiro atoms. The Morgan fingerprint density at radius 1 is 0.400 bits per heavy atom. The molecular formula is C28H16Br2. The number of rotatable bonds is 0. The summed E-state index contributed by atoms with van der Waals surface area (Å²) >= 11 is 7.43. The van der Waals surface area contributed by atoms with E-state index < -0.39 is 0 Å². The van der Waals surface area contributed by atoms with Crippen molar-refractivity contribution >= 4 is 55.2 Å².